The second-order valence-electron chi connectivity index (χ2n) is 21.6. The number of phosphoric ester groups is 1. The zero-order valence-corrected chi connectivity index (χ0v) is 47.0. The number of hydrogen-bond acceptors (Lipinski definition) is 11. The molecule has 12 nitrogen and oxygen atoms in total. The number of aliphatic hydroxyl groups is 5. The summed E-state index contributed by atoms with van der Waals surface area (Å²) < 4.78 is 34.5. The van der Waals surface area contributed by atoms with Crippen molar-refractivity contribution in [1.29, 1.82) is 0 Å². The van der Waals surface area contributed by atoms with Gasteiger partial charge in [0, 0.05) is 13.0 Å². The molecule has 1 fully saturated rings. The molecule has 1 saturated carbocycles. The van der Waals surface area contributed by atoms with E-state index in [0.29, 0.717) is 13.0 Å². The van der Waals surface area contributed by atoms with Crippen LogP contribution in [0.5, 0.6) is 0 Å². The van der Waals surface area contributed by atoms with Gasteiger partial charge in [0.2, 0.25) is 0 Å². The minimum Gasteiger partial charge on any atom is -0.457 e. The second kappa shape index (κ2) is 48.9. The van der Waals surface area contributed by atoms with E-state index in [9.17, 15) is 39.8 Å². The van der Waals surface area contributed by atoms with E-state index in [-0.39, 0.29) is 13.0 Å². The fourth-order valence-corrected chi connectivity index (χ4v) is 10.9. The molecule has 8 atom stereocenters. The molecule has 0 aliphatic heterocycles. The number of rotatable bonds is 54. The van der Waals surface area contributed by atoms with Gasteiger partial charge in [-0.05, 0) is 12.8 Å². The van der Waals surface area contributed by atoms with Crippen LogP contribution in [0.15, 0.2) is 0 Å². The van der Waals surface area contributed by atoms with Gasteiger partial charge in [0.15, 0.2) is 0 Å². The van der Waals surface area contributed by atoms with E-state index < -0.39 is 63.1 Å². The molecular formula is C58H115O12P. The van der Waals surface area contributed by atoms with Crippen LogP contribution in [0.1, 0.15) is 303 Å². The van der Waals surface area contributed by atoms with Gasteiger partial charge >= 0.3 is 13.8 Å². The molecule has 6 unspecified atom stereocenters. The van der Waals surface area contributed by atoms with Crippen molar-refractivity contribution >= 4 is 13.8 Å². The van der Waals surface area contributed by atoms with Crippen LogP contribution in [0.3, 0.4) is 0 Å². The molecule has 0 spiro atoms. The summed E-state index contributed by atoms with van der Waals surface area (Å²) in [6.07, 6.45) is 44.7. The Labute approximate surface area is 435 Å². The molecule has 0 bridgehead atoms. The van der Waals surface area contributed by atoms with E-state index in [2.05, 4.69) is 13.8 Å². The smallest absolute Gasteiger partial charge is 0.457 e. The molecule has 0 aromatic rings. The third-order valence-electron chi connectivity index (χ3n) is 14.7. The average molecular weight is 1040 g/mol. The Hall–Kier alpha value is -0.660. The Bertz CT molecular complexity index is 1180. The van der Waals surface area contributed by atoms with Crippen molar-refractivity contribution in [2.24, 2.45) is 0 Å². The van der Waals surface area contributed by atoms with Gasteiger partial charge in [-0.3, -0.25) is 13.8 Å². The van der Waals surface area contributed by atoms with Crippen molar-refractivity contribution in [3.63, 3.8) is 0 Å². The lowest BCUT2D eigenvalue weighted by atomic mass is 9.85. The van der Waals surface area contributed by atoms with Gasteiger partial charge in [0.25, 0.3) is 0 Å². The minimum absolute atomic E-state index is 0.0669. The molecule has 0 aromatic carbocycles. The summed E-state index contributed by atoms with van der Waals surface area (Å²) in [5.41, 5.74) is 0. The SMILES string of the molecule is CCCCCCCCCCCCCCCCCCCCCCCCCCC(=O)O[C@H](COCCCCCCCCCCCCCCCCCCCCCC)COP(=O)(O)OC1C(O)C(O)C(O)[C@@H](O)C1O. The molecule has 71 heavy (non-hydrogen) atoms. The van der Waals surface area contributed by atoms with Crippen LogP contribution in [0, 0.1) is 0 Å². The first-order valence-corrected chi connectivity index (χ1v) is 31.9. The molecular weight excluding hydrogens is 920 g/mol. The van der Waals surface area contributed by atoms with Gasteiger partial charge in [-0.2, -0.15) is 0 Å². The Balaban J connectivity index is 2.23. The highest BCUT2D eigenvalue weighted by Crippen LogP contribution is 2.47. The summed E-state index contributed by atoms with van der Waals surface area (Å²) in [4.78, 5) is 23.3. The molecule has 1 rings (SSSR count). The molecule has 0 radical (unpaired) electrons. The largest absolute Gasteiger partial charge is 0.472 e. The average Bonchev–Trinajstić information content (AvgIpc) is 3.36. The van der Waals surface area contributed by atoms with E-state index in [4.69, 9.17) is 18.5 Å². The van der Waals surface area contributed by atoms with Crippen LogP contribution in [0.25, 0.3) is 0 Å². The quantitative estimate of drug-likeness (QED) is 0.0192. The molecule has 0 amide bonds. The Morgan fingerprint density at radius 2 is 0.662 bits per heavy atom. The zero-order valence-electron chi connectivity index (χ0n) is 46.1. The van der Waals surface area contributed by atoms with Crippen molar-refractivity contribution in [3.8, 4) is 0 Å². The normalized spacial score (nSPS) is 20.6. The third-order valence-corrected chi connectivity index (χ3v) is 15.7. The number of carbonyl (C=O) groups is 1. The van der Waals surface area contributed by atoms with Crippen LogP contribution in [0.4, 0.5) is 0 Å². The minimum atomic E-state index is -5.02. The summed E-state index contributed by atoms with van der Waals surface area (Å²) in [6, 6.07) is 0. The van der Waals surface area contributed by atoms with Crippen LogP contribution in [-0.4, -0.2) is 98.9 Å². The Morgan fingerprint density at radius 3 is 0.972 bits per heavy atom. The standard InChI is InChI=1S/C58H115O12P/c1-3-5-7-9-11-13-15-17-19-21-23-25-26-27-28-29-31-33-35-37-39-41-43-45-47-52(59)69-51(50-68-71(65,66)70-58-56(63)54(61)53(60)55(62)57(58)64)49-67-48-46-44-42-40-38-36-34-32-30-24-22-20-18-16-14-12-10-8-6-4-2/h51,53-58,60-64H,3-50H2,1-2H3,(H,65,66)/t51-,53?,54-,55?,56?,57?,58?/m1/s1. The highest BCUT2D eigenvalue weighted by atomic mass is 31.2. The Kier molecular flexibility index (Phi) is 47.1. The van der Waals surface area contributed by atoms with Crippen LogP contribution < -0.4 is 0 Å². The first kappa shape index (κ1) is 68.4. The number of ether oxygens (including phenoxy) is 2. The fourth-order valence-electron chi connectivity index (χ4n) is 9.95. The maximum absolute atomic E-state index is 12.9. The lowest BCUT2D eigenvalue weighted by Gasteiger charge is -2.41. The van der Waals surface area contributed by atoms with Gasteiger partial charge in [-0.25, -0.2) is 4.57 Å². The number of phosphoric acid groups is 1. The van der Waals surface area contributed by atoms with E-state index in [1.54, 1.807) is 0 Å². The molecule has 13 heteroatoms. The number of unbranched alkanes of at least 4 members (excludes halogenated alkanes) is 42. The zero-order chi connectivity index (χ0) is 51.9. The maximum Gasteiger partial charge on any atom is 0.472 e. The predicted octanol–water partition coefficient (Wildman–Crippen LogP) is 14.8. The van der Waals surface area contributed by atoms with Crippen LogP contribution >= 0.6 is 7.82 Å². The van der Waals surface area contributed by atoms with E-state index >= 15 is 0 Å². The number of aliphatic hydroxyl groups excluding tert-OH is 5. The maximum atomic E-state index is 12.9. The van der Waals surface area contributed by atoms with Gasteiger partial charge < -0.3 is 39.9 Å². The molecule has 0 heterocycles. The van der Waals surface area contributed by atoms with Gasteiger partial charge in [0.1, 0.15) is 42.7 Å². The highest BCUT2D eigenvalue weighted by molar-refractivity contribution is 7.47. The molecule has 424 valence electrons. The molecule has 6 N–H and O–H groups in total. The first-order chi connectivity index (χ1) is 34.5. The molecule has 1 aliphatic rings. The van der Waals surface area contributed by atoms with Crippen LogP contribution in [-0.2, 0) is 27.9 Å². The monoisotopic (exact) mass is 1030 g/mol. The van der Waals surface area contributed by atoms with Crippen molar-refractivity contribution < 1.29 is 58.3 Å². The van der Waals surface area contributed by atoms with E-state index in [0.717, 1.165) is 38.5 Å². The van der Waals surface area contributed by atoms with Gasteiger partial charge in [-0.15, -0.1) is 0 Å². The molecule has 0 saturated heterocycles. The lowest BCUT2D eigenvalue weighted by molar-refractivity contribution is -0.220. The molecule has 1 aliphatic carbocycles. The summed E-state index contributed by atoms with van der Waals surface area (Å²) >= 11 is 0. The van der Waals surface area contributed by atoms with Crippen molar-refractivity contribution in [2.45, 2.75) is 346 Å². The first-order valence-electron chi connectivity index (χ1n) is 30.4. The van der Waals surface area contributed by atoms with Crippen molar-refractivity contribution in [3.05, 3.63) is 0 Å². The lowest BCUT2D eigenvalue weighted by Crippen LogP contribution is -2.64. The van der Waals surface area contributed by atoms with Crippen molar-refractivity contribution in [1.82, 2.24) is 0 Å². The van der Waals surface area contributed by atoms with Gasteiger partial charge in [0.05, 0.1) is 13.2 Å². The Morgan fingerprint density at radius 1 is 0.394 bits per heavy atom. The van der Waals surface area contributed by atoms with E-state index in [1.807, 2.05) is 0 Å². The summed E-state index contributed by atoms with van der Waals surface area (Å²) in [6.45, 7) is 4.35. The summed E-state index contributed by atoms with van der Waals surface area (Å²) in [5, 5.41) is 50.5. The summed E-state index contributed by atoms with van der Waals surface area (Å²) in [5.74, 6) is -0.466. The third kappa shape index (κ3) is 40.3. The number of hydrogen-bond donors (Lipinski definition) is 6. The number of carbonyl (C=O) groups excluding carboxylic acids is 1. The van der Waals surface area contributed by atoms with Crippen LogP contribution in [0.2, 0.25) is 0 Å². The fraction of sp³-hybridized carbons (Fsp3) is 0.983. The van der Waals surface area contributed by atoms with Crippen molar-refractivity contribution in [2.75, 3.05) is 19.8 Å². The van der Waals surface area contributed by atoms with E-state index in [1.165, 1.54) is 238 Å². The highest BCUT2D eigenvalue weighted by Gasteiger charge is 2.51. The summed E-state index contributed by atoms with van der Waals surface area (Å²) in [7, 11) is -5.02. The predicted molar refractivity (Wildman–Crippen MR) is 290 cm³/mol. The number of esters is 1. The molecule has 0 aromatic heterocycles. The van der Waals surface area contributed by atoms with Gasteiger partial charge in [-0.1, -0.05) is 284 Å². The topological polar surface area (TPSA) is 192 Å². The second-order valence-corrected chi connectivity index (χ2v) is 23.0.